The van der Waals surface area contributed by atoms with E-state index in [1.165, 1.54) is 0 Å². The van der Waals surface area contributed by atoms with E-state index >= 15 is 0 Å². The van der Waals surface area contributed by atoms with E-state index in [1.54, 1.807) is 22.7 Å². The highest BCUT2D eigenvalue weighted by molar-refractivity contribution is 7.15. The Morgan fingerprint density at radius 1 is 0.722 bits per heavy atom. The van der Waals surface area contributed by atoms with Gasteiger partial charge in [0.15, 0.2) is 0 Å². The summed E-state index contributed by atoms with van der Waals surface area (Å²) in [6.07, 6.45) is 0. The molecule has 1 aliphatic rings. The lowest BCUT2D eigenvalue weighted by atomic mass is 10.3. The predicted octanol–water partition coefficient (Wildman–Crippen LogP) is 1.33. The maximum atomic E-state index is 4.19. The number of hydrogen-bond donors (Lipinski definition) is 0. The van der Waals surface area contributed by atoms with Gasteiger partial charge in [-0.05, 0) is 13.8 Å². The van der Waals surface area contributed by atoms with Gasteiger partial charge in [0.05, 0.1) is 0 Å². The van der Waals surface area contributed by atoms with Crippen molar-refractivity contribution in [1.29, 1.82) is 0 Å². The summed E-state index contributed by atoms with van der Waals surface area (Å²) in [5.74, 6) is 0. The summed E-state index contributed by atoms with van der Waals surface area (Å²) >= 11 is 3.31. The molecular formula is C10H14N6S2. The van der Waals surface area contributed by atoms with E-state index in [1.807, 2.05) is 13.8 Å². The molecule has 1 fully saturated rings. The molecule has 0 radical (unpaired) electrons. The van der Waals surface area contributed by atoms with Gasteiger partial charge in [-0.15, -0.1) is 20.4 Å². The van der Waals surface area contributed by atoms with E-state index in [4.69, 9.17) is 0 Å². The summed E-state index contributed by atoms with van der Waals surface area (Å²) in [6.45, 7) is 7.84. The van der Waals surface area contributed by atoms with Crippen LogP contribution in [0.25, 0.3) is 0 Å². The SMILES string of the molecule is Cc1nnc(N2CCN(c3nnc(C)s3)CC2)s1. The Morgan fingerprint density at radius 3 is 1.39 bits per heavy atom. The summed E-state index contributed by atoms with van der Waals surface area (Å²) < 4.78 is 0. The number of hydrogen-bond acceptors (Lipinski definition) is 8. The van der Waals surface area contributed by atoms with Crippen molar-refractivity contribution < 1.29 is 0 Å². The molecule has 6 nitrogen and oxygen atoms in total. The molecule has 0 spiro atoms. The summed E-state index contributed by atoms with van der Waals surface area (Å²) in [7, 11) is 0. The summed E-state index contributed by atoms with van der Waals surface area (Å²) in [4.78, 5) is 4.57. The number of aryl methyl sites for hydroxylation is 2. The number of piperazine rings is 1. The minimum atomic E-state index is 0.966. The highest BCUT2D eigenvalue weighted by Gasteiger charge is 2.21. The fraction of sp³-hybridized carbons (Fsp3) is 0.600. The van der Waals surface area contributed by atoms with Crippen molar-refractivity contribution in [3.8, 4) is 0 Å². The zero-order chi connectivity index (χ0) is 12.5. The molecule has 0 bridgehead atoms. The first-order chi connectivity index (χ1) is 8.72. The number of anilines is 2. The molecule has 0 N–H and O–H groups in total. The highest BCUT2D eigenvalue weighted by atomic mass is 32.1. The molecule has 0 unspecified atom stereocenters. The predicted molar refractivity (Wildman–Crippen MR) is 73.7 cm³/mol. The van der Waals surface area contributed by atoms with Crippen LogP contribution < -0.4 is 9.80 Å². The van der Waals surface area contributed by atoms with Crippen molar-refractivity contribution in [2.45, 2.75) is 13.8 Å². The molecule has 0 aliphatic carbocycles. The van der Waals surface area contributed by atoms with E-state index in [-0.39, 0.29) is 0 Å². The molecule has 1 saturated heterocycles. The molecule has 96 valence electrons. The molecule has 2 aromatic heterocycles. The monoisotopic (exact) mass is 282 g/mol. The normalized spacial score (nSPS) is 16.3. The van der Waals surface area contributed by atoms with Crippen LogP contribution in [0.5, 0.6) is 0 Å². The zero-order valence-electron chi connectivity index (χ0n) is 10.3. The molecule has 0 amide bonds. The maximum absolute atomic E-state index is 4.19. The first-order valence-corrected chi connectivity index (χ1v) is 7.46. The second-order valence-corrected chi connectivity index (χ2v) is 6.50. The van der Waals surface area contributed by atoms with Crippen LogP contribution in [0.3, 0.4) is 0 Å². The fourth-order valence-corrected chi connectivity index (χ4v) is 3.40. The number of nitrogens with zero attached hydrogens (tertiary/aromatic N) is 6. The van der Waals surface area contributed by atoms with Crippen LogP contribution in [0.1, 0.15) is 10.0 Å². The molecule has 0 atom stereocenters. The van der Waals surface area contributed by atoms with Crippen molar-refractivity contribution >= 4 is 32.9 Å². The van der Waals surface area contributed by atoms with Crippen molar-refractivity contribution in [2.75, 3.05) is 36.0 Å². The molecule has 1 aliphatic heterocycles. The van der Waals surface area contributed by atoms with Crippen molar-refractivity contribution in [1.82, 2.24) is 20.4 Å². The van der Waals surface area contributed by atoms with E-state index in [9.17, 15) is 0 Å². The molecule has 18 heavy (non-hydrogen) atoms. The van der Waals surface area contributed by atoms with Crippen LogP contribution in [0.2, 0.25) is 0 Å². The van der Waals surface area contributed by atoms with Gasteiger partial charge in [0, 0.05) is 26.2 Å². The standard InChI is InChI=1S/C10H14N6S2/c1-7-11-13-9(17-7)15-3-5-16(6-4-15)10-14-12-8(2)18-10/h3-6H2,1-2H3. The van der Waals surface area contributed by atoms with Crippen LogP contribution in [-0.4, -0.2) is 46.6 Å². The zero-order valence-corrected chi connectivity index (χ0v) is 12.0. The first-order valence-electron chi connectivity index (χ1n) is 5.82. The first kappa shape index (κ1) is 11.8. The second kappa shape index (κ2) is 4.77. The van der Waals surface area contributed by atoms with Gasteiger partial charge in [0.2, 0.25) is 10.3 Å². The van der Waals surface area contributed by atoms with Crippen molar-refractivity contribution in [3.05, 3.63) is 10.0 Å². The Labute approximate surface area is 113 Å². The Morgan fingerprint density at radius 2 is 1.11 bits per heavy atom. The minimum absolute atomic E-state index is 0.966. The third kappa shape index (κ3) is 2.30. The van der Waals surface area contributed by atoms with Gasteiger partial charge in [-0.25, -0.2) is 0 Å². The second-order valence-electron chi connectivity index (χ2n) is 4.18. The molecule has 0 aromatic carbocycles. The fourth-order valence-electron chi connectivity index (χ4n) is 1.92. The van der Waals surface area contributed by atoms with Crippen molar-refractivity contribution in [3.63, 3.8) is 0 Å². The largest absolute Gasteiger partial charge is 0.343 e. The van der Waals surface area contributed by atoms with Gasteiger partial charge in [-0.2, -0.15) is 0 Å². The topological polar surface area (TPSA) is 58.0 Å². The molecule has 3 rings (SSSR count). The third-order valence-corrected chi connectivity index (χ3v) is 4.65. The van der Waals surface area contributed by atoms with E-state index in [2.05, 4.69) is 30.2 Å². The lowest BCUT2D eigenvalue weighted by Crippen LogP contribution is -2.46. The average molecular weight is 282 g/mol. The van der Waals surface area contributed by atoms with Gasteiger partial charge in [-0.1, -0.05) is 22.7 Å². The van der Waals surface area contributed by atoms with Crippen LogP contribution in [-0.2, 0) is 0 Å². The van der Waals surface area contributed by atoms with Gasteiger partial charge < -0.3 is 9.80 Å². The smallest absolute Gasteiger partial charge is 0.208 e. The van der Waals surface area contributed by atoms with Gasteiger partial charge in [0.1, 0.15) is 10.0 Å². The number of aromatic nitrogens is 4. The van der Waals surface area contributed by atoms with Crippen LogP contribution >= 0.6 is 22.7 Å². The lowest BCUT2D eigenvalue weighted by molar-refractivity contribution is 0.646. The van der Waals surface area contributed by atoms with E-state index in [0.717, 1.165) is 46.5 Å². The molecule has 2 aromatic rings. The van der Waals surface area contributed by atoms with Crippen LogP contribution in [0.15, 0.2) is 0 Å². The summed E-state index contributed by atoms with van der Waals surface area (Å²) in [6, 6.07) is 0. The van der Waals surface area contributed by atoms with E-state index in [0.29, 0.717) is 0 Å². The van der Waals surface area contributed by atoms with Gasteiger partial charge in [0.25, 0.3) is 0 Å². The van der Waals surface area contributed by atoms with E-state index < -0.39 is 0 Å². The van der Waals surface area contributed by atoms with Gasteiger partial charge in [-0.3, -0.25) is 0 Å². The lowest BCUT2D eigenvalue weighted by Gasteiger charge is -2.33. The quantitative estimate of drug-likeness (QED) is 0.828. The summed E-state index contributed by atoms with van der Waals surface area (Å²) in [5, 5.41) is 20.6. The third-order valence-electron chi connectivity index (χ3n) is 2.85. The Kier molecular flexibility index (Phi) is 3.13. The minimum Gasteiger partial charge on any atom is -0.343 e. The Bertz CT molecular complexity index is 480. The number of rotatable bonds is 2. The maximum Gasteiger partial charge on any atom is 0.208 e. The molecule has 3 heterocycles. The summed E-state index contributed by atoms with van der Waals surface area (Å²) in [5.41, 5.74) is 0. The Hall–Kier alpha value is -1.28. The molecular weight excluding hydrogens is 268 g/mol. The molecule has 8 heteroatoms. The van der Waals surface area contributed by atoms with Crippen molar-refractivity contribution in [2.24, 2.45) is 0 Å². The van der Waals surface area contributed by atoms with Crippen LogP contribution in [0.4, 0.5) is 10.3 Å². The highest BCUT2D eigenvalue weighted by Crippen LogP contribution is 2.24. The van der Waals surface area contributed by atoms with Crippen LogP contribution in [0, 0.1) is 13.8 Å². The van der Waals surface area contributed by atoms with Gasteiger partial charge >= 0.3 is 0 Å². The average Bonchev–Trinajstić information content (AvgIpc) is 2.98. The molecule has 0 saturated carbocycles. The Balaban J connectivity index is 1.64.